The second-order valence-corrected chi connectivity index (χ2v) is 5.75. The van der Waals surface area contributed by atoms with E-state index in [4.69, 9.17) is 4.74 Å². The molecule has 0 aliphatic heterocycles. The maximum absolute atomic E-state index is 14.1. The topological polar surface area (TPSA) is 43.6 Å². The third-order valence-corrected chi connectivity index (χ3v) is 4.06. The molecule has 0 fully saturated rings. The molecule has 22 heavy (non-hydrogen) atoms. The van der Waals surface area contributed by atoms with E-state index in [1.165, 1.54) is 12.1 Å². The Bertz CT molecular complexity index is 860. The van der Waals surface area contributed by atoms with Gasteiger partial charge in [-0.15, -0.1) is 0 Å². The minimum Gasteiger partial charge on any atom is -0.462 e. The second-order valence-electron chi connectivity index (χ2n) is 4.64. The first kappa shape index (κ1) is 15.0. The van der Waals surface area contributed by atoms with Gasteiger partial charge in [-0.2, -0.15) is 0 Å². The first-order chi connectivity index (χ1) is 10.6. The van der Waals surface area contributed by atoms with Crippen molar-refractivity contribution in [1.29, 1.82) is 0 Å². The van der Waals surface area contributed by atoms with E-state index in [1.54, 1.807) is 19.2 Å². The molecule has 2 heterocycles. The van der Waals surface area contributed by atoms with Crippen molar-refractivity contribution < 1.29 is 13.9 Å². The zero-order chi connectivity index (χ0) is 15.7. The van der Waals surface area contributed by atoms with Crippen LogP contribution in [0.4, 0.5) is 4.39 Å². The summed E-state index contributed by atoms with van der Waals surface area (Å²) in [6.07, 6.45) is 3.66. The van der Waals surface area contributed by atoms with Gasteiger partial charge in [0.1, 0.15) is 15.2 Å². The summed E-state index contributed by atoms with van der Waals surface area (Å²) in [5.74, 6) is -1.23. The number of nitrogens with zero attached hydrogens (tertiary/aromatic N) is 2. The molecule has 0 atom stereocenters. The summed E-state index contributed by atoms with van der Waals surface area (Å²) in [6.45, 7) is 1.90. The third kappa shape index (κ3) is 2.70. The highest BCUT2D eigenvalue weighted by Crippen LogP contribution is 2.24. The quantitative estimate of drug-likeness (QED) is 0.486. The fraction of sp³-hybridized carbons (Fsp3) is 0.125. The zero-order valence-corrected chi connectivity index (χ0v) is 13.9. The summed E-state index contributed by atoms with van der Waals surface area (Å²) < 4.78 is 21.8. The standard InChI is InChI=1S/C16H12FIN2O2/c1-2-22-16(21)12-5-3-10(7-13(12)17)11-4-6-15-19-8-14(18)20(15)9-11/h3-9H,2H2,1H3. The molecule has 0 aliphatic carbocycles. The molecule has 4 nitrogen and oxygen atoms in total. The summed E-state index contributed by atoms with van der Waals surface area (Å²) >= 11 is 2.18. The first-order valence-electron chi connectivity index (χ1n) is 6.70. The van der Waals surface area contributed by atoms with E-state index in [1.807, 2.05) is 22.7 Å². The highest BCUT2D eigenvalue weighted by Gasteiger charge is 2.14. The van der Waals surface area contributed by atoms with Crippen LogP contribution in [-0.4, -0.2) is 22.0 Å². The maximum Gasteiger partial charge on any atom is 0.341 e. The lowest BCUT2D eigenvalue weighted by molar-refractivity contribution is 0.0521. The van der Waals surface area contributed by atoms with Crippen LogP contribution in [-0.2, 0) is 4.74 Å². The average Bonchev–Trinajstić information content (AvgIpc) is 2.88. The van der Waals surface area contributed by atoms with Crippen molar-refractivity contribution in [2.24, 2.45) is 0 Å². The number of hydrogen-bond acceptors (Lipinski definition) is 3. The Morgan fingerprint density at radius 1 is 1.32 bits per heavy atom. The molecule has 1 aromatic carbocycles. The van der Waals surface area contributed by atoms with Gasteiger partial charge in [0.15, 0.2) is 0 Å². The summed E-state index contributed by atoms with van der Waals surface area (Å²) in [4.78, 5) is 15.9. The van der Waals surface area contributed by atoms with E-state index in [2.05, 4.69) is 27.6 Å². The number of hydrogen-bond donors (Lipinski definition) is 0. The van der Waals surface area contributed by atoms with E-state index < -0.39 is 11.8 Å². The fourth-order valence-electron chi connectivity index (χ4n) is 2.19. The molecule has 0 bridgehead atoms. The highest BCUT2D eigenvalue weighted by atomic mass is 127. The van der Waals surface area contributed by atoms with Crippen LogP contribution in [0.25, 0.3) is 16.8 Å². The largest absolute Gasteiger partial charge is 0.462 e. The number of halogens is 2. The van der Waals surface area contributed by atoms with Gasteiger partial charge in [0, 0.05) is 6.20 Å². The van der Waals surface area contributed by atoms with Crippen LogP contribution < -0.4 is 0 Å². The Balaban J connectivity index is 2.01. The van der Waals surface area contributed by atoms with Crippen molar-refractivity contribution in [3.05, 3.63) is 57.8 Å². The number of fused-ring (bicyclic) bond motifs is 1. The maximum atomic E-state index is 14.1. The lowest BCUT2D eigenvalue weighted by Gasteiger charge is -2.07. The van der Waals surface area contributed by atoms with Crippen molar-refractivity contribution in [2.75, 3.05) is 6.61 Å². The molecule has 0 amide bonds. The summed E-state index contributed by atoms with van der Waals surface area (Å²) in [5.41, 5.74) is 2.32. The van der Waals surface area contributed by atoms with E-state index >= 15 is 0 Å². The Labute approximate surface area is 140 Å². The lowest BCUT2D eigenvalue weighted by atomic mass is 10.1. The molecule has 0 aliphatic rings. The van der Waals surface area contributed by atoms with Gasteiger partial charge in [-0.1, -0.05) is 6.07 Å². The van der Waals surface area contributed by atoms with Crippen LogP contribution in [0.5, 0.6) is 0 Å². The molecule has 3 rings (SSSR count). The van der Waals surface area contributed by atoms with Gasteiger partial charge in [0.25, 0.3) is 0 Å². The van der Waals surface area contributed by atoms with Crippen molar-refractivity contribution in [3.63, 3.8) is 0 Å². The minimum absolute atomic E-state index is 0.0520. The van der Waals surface area contributed by atoms with Crippen LogP contribution >= 0.6 is 22.6 Å². The van der Waals surface area contributed by atoms with E-state index in [-0.39, 0.29) is 12.2 Å². The molecule has 2 aromatic heterocycles. The van der Waals surface area contributed by atoms with Gasteiger partial charge in [0.05, 0.1) is 18.4 Å². The summed E-state index contributed by atoms with van der Waals surface area (Å²) in [5, 5.41) is 0. The van der Waals surface area contributed by atoms with E-state index in [0.717, 1.165) is 14.9 Å². The fourth-order valence-corrected chi connectivity index (χ4v) is 2.72. The zero-order valence-electron chi connectivity index (χ0n) is 11.7. The molecule has 112 valence electrons. The Morgan fingerprint density at radius 3 is 2.82 bits per heavy atom. The third-order valence-electron chi connectivity index (χ3n) is 3.26. The molecule has 3 aromatic rings. The summed E-state index contributed by atoms with van der Waals surface area (Å²) in [7, 11) is 0. The van der Waals surface area contributed by atoms with Gasteiger partial charge in [-0.25, -0.2) is 14.2 Å². The van der Waals surface area contributed by atoms with E-state index in [9.17, 15) is 9.18 Å². The molecular weight excluding hydrogens is 398 g/mol. The van der Waals surface area contributed by atoms with E-state index in [0.29, 0.717) is 5.56 Å². The number of esters is 1. The van der Waals surface area contributed by atoms with Crippen molar-refractivity contribution in [2.45, 2.75) is 6.92 Å². The number of carbonyl (C=O) groups is 1. The van der Waals surface area contributed by atoms with Crippen LogP contribution in [0, 0.1) is 9.52 Å². The molecular formula is C16H12FIN2O2. The second kappa shape index (κ2) is 6.04. The molecule has 6 heteroatoms. The average molecular weight is 410 g/mol. The number of imidazole rings is 1. The van der Waals surface area contributed by atoms with Gasteiger partial charge >= 0.3 is 5.97 Å². The van der Waals surface area contributed by atoms with Crippen molar-refractivity contribution in [1.82, 2.24) is 9.38 Å². The first-order valence-corrected chi connectivity index (χ1v) is 7.77. The van der Waals surface area contributed by atoms with Gasteiger partial charge in [0.2, 0.25) is 0 Å². The van der Waals surface area contributed by atoms with Crippen LogP contribution in [0.15, 0.2) is 42.7 Å². The normalized spacial score (nSPS) is 10.9. The molecule has 0 unspecified atom stereocenters. The highest BCUT2D eigenvalue weighted by molar-refractivity contribution is 14.1. The molecule has 0 N–H and O–H groups in total. The molecule has 0 saturated heterocycles. The molecule has 0 saturated carbocycles. The Morgan fingerprint density at radius 2 is 2.09 bits per heavy atom. The van der Waals surface area contributed by atoms with Gasteiger partial charge in [-0.05, 0) is 64.9 Å². The predicted molar refractivity (Wildman–Crippen MR) is 89.3 cm³/mol. The summed E-state index contributed by atoms with van der Waals surface area (Å²) in [6, 6.07) is 8.25. The van der Waals surface area contributed by atoms with Crippen LogP contribution in [0.1, 0.15) is 17.3 Å². The Hall–Kier alpha value is -1.96. The van der Waals surface area contributed by atoms with Crippen LogP contribution in [0.3, 0.4) is 0 Å². The smallest absolute Gasteiger partial charge is 0.341 e. The number of carbonyl (C=O) groups excluding carboxylic acids is 1. The minimum atomic E-state index is -0.647. The molecule has 0 radical (unpaired) electrons. The number of rotatable bonds is 3. The number of pyridine rings is 1. The Kier molecular flexibility index (Phi) is 4.10. The van der Waals surface area contributed by atoms with Gasteiger partial charge in [-0.3, -0.25) is 4.40 Å². The number of benzene rings is 1. The number of aromatic nitrogens is 2. The molecule has 0 spiro atoms. The van der Waals surface area contributed by atoms with Gasteiger partial charge < -0.3 is 4.74 Å². The lowest BCUT2D eigenvalue weighted by Crippen LogP contribution is -2.07. The van der Waals surface area contributed by atoms with Crippen molar-refractivity contribution >= 4 is 34.2 Å². The van der Waals surface area contributed by atoms with Crippen molar-refractivity contribution in [3.8, 4) is 11.1 Å². The number of ether oxygens (including phenoxy) is 1. The van der Waals surface area contributed by atoms with Crippen LogP contribution in [0.2, 0.25) is 0 Å². The monoisotopic (exact) mass is 410 g/mol. The predicted octanol–water partition coefficient (Wildman–Crippen LogP) is 3.92. The SMILES string of the molecule is CCOC(=O)c1ccc(-c2ccc3ncc(I)n3c2)cc1F.